The first-order chi connectivity index (χ1) is 15.1. The second-order valence-corrected chi connectivity index (χ2v) is 9.34. The number of hydrogen-bond acceptors (Lipinski definition) is 9. The van der Waals surface area contributed by atoms with Crippen LogP contribution in [0.15, 0.2) is 0 Å². The molecule has 0 aliphatic carbocycles. The van der Waals surface area contributed by atoms with E-state index in [1.165, 1.54) is 0 Å². The van der Waals surface area contributed by atoms with Crippen molar-refractivity contribution >= 4 is 0 Å². The quantitative estimate of drug-likeness (QED) is 0.451. The third-order valence-corrected chi connectivity index (χ3v) is 5.36. The van der Waals surface area contributed by atoms with Crippen molar-refractivity contribution in [3.05, 3.63) is 0 Å². The van der Waals surface area contributed by atoms with Gasteiger partial charge in [-0.05, 0) is 73.3 Å². The first-order valence-electron chi connectivity index (χ1n) is 11.9. The number of hydrogen-bond donors (Lipinski definition) is 4. The minimum Gasteiger partial charge on any atom is -0.393 e. The summed E-state index contributed by atoms with van der Waals surface area (Å²) in [6.07, 6.45) is 5.36. The van der Waals surface area contributed by atoms with Gasteiger partial charge >= 0.3 is 0 Å². The molecule has 3 aliphatic rings. The number of nitrogens with zero attached hydrogens (tertiary/aromatic N) is 3. The smallest absolute Gasteiger partial charge is 0.0899 e. The third-order valence-electron chi connectivity index (χ3n) is 5.36. The number of β-amino-alcohol motifs (C(OH)–C–C–N with tert-alkyl or cyclic N) is 1. The zero-order valence-electron chi connectivity index (χ0n) is 21.2. The van der Waals surface area contributed by atoms with Gasteiger partial charge in [0.25, 0.3) is 0 Å². The first-order valence-corrected chi connectivity index (χ1v) is 11.9. The third kappa shape index (κ3) is 20.3. The molecule has 3 fully saturated rings. The van der Waals surface area contributed by atoms with Crippen molar-refractivity contribution in [2.24, 2.45) is 0 Å². The summed E-state index contributed by atoms with van der Waals surface area (Å²) in [5.41, 5.74) is 0. The van der Waals surface area contributed by atoms with Gasteiger partial charge < -0.3 is 44.6 Å². The van der Waals surface area contributed by atoms with E-state index in [1.807, 2.05) is 26.0 Å². The average Bonchev–Trinajstić information content (AvgIpc) is 2.72. The van der Waals surface area contributed by atoms with Crippen LogP contribution in [0.2, 0.25) is 0 Å². The molecule has 0 saturated carbocycles. The Bertz CT molecular complexity index is 387. The summed E-state index contributed by atoms with van der Waals surface area (Å²) >= 11 is 0. The van der Waals surface area contributed by atoms with Crippen molar-refractivity contribution in [3.8, 4) is 0 Å². The predicted molar refractivity (Wildman–Crippen MR) is 128 cm³/mol. The number of ether oxygens (including phenoxy) is 2. The van der Waals surface area contributed by atoms with Crippen molar-refractivity contribution in [1.82, 2.24) is 14.7 Å². The highest BCUT2D eigenvalue weighted by Gasteiger charge is 2.13. The van der Waals surface area contributed by atoms with Gasteiger partial charge in [0.05, 0.1) is 37.6 Å². The summed E-state index contributed by atoms with van der Waals surface area (Å²) in [4.78, 5) is 6.32. The number of aliphatic hydroxyl groups is 4. The van der Waals surface area contributed by atoms with E-state index < -0.39 is 0 Å². The molecule has 3 rings (SSSR count). The van der Waals surface area contributed by atoms with Gasteiger partial charge in [0.1, 0.15) is 0 Å². The molecule has 3 heterocycles. The molecule has 0 aromatic heterocycles. The minimum absolute atomic E-state index is 0.0220. The van der Waals surface area contributed by atoms with E-state index in [9.17, 15) is 0 Å². The monoisotopic (exact) mass is 465 g/mol. The van der Waals surface area contributed by atoms with Gasteiger partial charge in [-0.3, -0.25) is 0 Å². The number of likely N-dealkylation sites (tertiary alicyclic amines) is 2. The number of likely N-dealkylation sites (N-methyl/N-ethyl adjacent to an activating group) is 2. The van der Waals surface area contributed by atoms with Crippen molar-refractivity contribution in [3.63, 3.8) is 0 Å². The number of aliphatic hydroxyl groups excluding tert-OH is 4. The van der Waals surface area contributed by atoms with Gasteiger partial charge in [0.15, 0.2) is 0 Å². The van der Waals surface area contributed by atoms with Crippen molar-refractivity contribution in [1.29, 1.82) is 0 Å². The van der Waals surface area contributed by atoms with Gasteiger partial charge in [-0.15, -0.1) is 0 Å². The number of rotatable bonds is 4. The van der Waals surface area contributed by atoms with Gasteiger partial charge in [0, 0.05) is 39.9 Å². The fraction of sp³-hybridized carbons (Fsp3) is 1.00. The molecule has 3 aliphatic heterocycles. The summed E-state index contributed by atoms with van der Waals surface area (Å²) in [6, 6.07) is 0. The summed E-state index contributed by atoms with van der Waals surface area (Å²) in [5.74, 6) is 0. The molecule has 3 unspecified atom stereocenters. The molecule has 4 N–H and O–H groups in total. The van der Waals surface area contributed by atoms with Crippen molar-refractivity contribution < 1.29 is 29.9 Å². The van der Waals surface area contributed by atoms with Crippen LogP contribution in [0.3, 0.4) is 0 Å². The maximum Gasteiger partial charge on any atom is 0.0899 e. The molecule has 9 nitrogen and oxygen atoms in total. The molecular weight excluding hydrogens is 414 g/mol. The second-order valence-electron chi connectivity index (χ2n) is 9.34. The highest BCUT2D eigenvalue weighted by molar-refractivity contribution is 4.68. The fourth-order valence-corrected chi connectivity index (χ4v) is 3.52. The van der Waals surface area contributed by atoms with E-state index in [2.05, 4.69) is 16.8 Å². The second kappa shape index (κ2) is 20.1. The van der Waals surface area contributed by atoms with Crippen LogP contribution in [-0.4, -0.2) is 147 Å². The fourth-order valence-electron chi connectivity index (χ4n) is 3.52. The summed E-state index contributed by atoms with van der Waals surface area (Å²) in [7, 11) is 9.55. The maximum atomic E-state index is 9.05. The number of piperidine rings is 2. The van der Waals surface area contributed by atoms with E-state index in [0.717, 1.165) is 71.3 Å². The lowest BCUT2D eigenvalue weighted by atomic mass is 10.1. The van der Waals surface area contributed by atoms with Crippen LogP contribution in [0.1, 0.15) is 38.5 Å². The first kappa shape index (κ1) is 31.6. The van der Waals surface area contributed by atoms with E-state index in [4.69, 9.17) is 29.9 Å². The Hall–Kier alpha value is -0.360. The van der Waals surface area contributed by atoms with Gasteiger partial charge in [-0.2, -0.15) is 0 Å². The molecular formula is C23H51N3O6. The Balaban J connectivity index is 0.000000401. The van der Waals surface area contributed by atoms with Crippen LogP contribution in [0.5, 0.6) is 0 Å². The van der Waals surface area contributed by atoms with E-state index in [-0.39, 0.29) is 24.4 Å². The molecule has 0 aromatic rings. The molecule has 3 saturated heterocycles. The zero-order valence-corrected chi connectivity index (χ0v) is 21.2. The molecule has 3 atom stereocenters. The summed E-state index contributed by atoms with van der Waals surface area (Å²) < 4.78 is 9.66. The lowest BCUT2D eigenvalue weighted by molar-refractivity contribution is -0.00535. The highest BCUT2D eigenvalue weighted by atomic mass is 16.5. The normalized spacial score (nSPS) is 26.1. The van der Waals surface area contributed by atoms with Gasteiger partial charge in [-0.1, -0.05) is 0 Å². The largest absolute Gasteiger partial charge is 0.393 e. The van der Waals surface area contributed by atoms with Crippen LogP contribution >= 0.6 is 0 Å². The van der Waals surface area contributed by atoms with Crippen molar-refractivity contribution in [2.75, 3.05) is 87.8 Å². The van der Waals surface area contributed by atoms with Crippen molar-refractivity contribution in [2.45, 2.75) is 62.9 Å². The molecule has 9 heteroatoms. The Morgan fingerprint density at radius 2 is 1.53 bits per heavy atom. The Morgan fingerprint density at radius 1 is 0.906 bits per heavy atom. The van der Waals surface area contributed by atoms with E-state index >= 15 is 0 Å². The molecule has 0 spiro atoms. The predicted octanol–water partition coefficient (Wildman–Crippen LogP) is -0.141. The molecule has 0 amide bonds. The topological polar surface area (TPSA) is 109 Å². The van der Waals surface area contributed by atoms with Gasteiger partial charge in [-0.25, -0.2) is 0 Å². The maximum absolute atomic E-state index is 9.05. The van der Waals surface area contributed by atoms with Crippen LogP contribution in [-0.2, 0) is 9.47 Å². The lowest BCUT2D eigenvalue weighted by Crippen LogP contribution is -2.34. The molecule has 0 aromatic carbocycles. The van der Waals surface area contributed by atoms with Crippen LogP contribution < -0.4 is 0 Å². The van der Waals surface area contributed by atoms with Crippen LogP contribution in [0.4, 0.5) is 0 Å². The summed E-state index contributed by atoms with van der Waals surface area (Å²) in [5, 5.41) is 35.9. The van der Waals surface area contributed by atoms with Gasteiger partial charge in [0.2, 0.25) is 0 Å². The van der Waals surface area contributed by atoms with E-state index in [1.54, 1.807) is 7.11 Å². The Labute approximate surface area is 195 Å². The zero-order chi connectivity index (χ0) is 24.4. The number of methoxy groups -OCH3 is 1. The van der Waals surface area contributed by atoms with E-state index in [0.29, 0.717) is 19.8 Å². The lowest BCUT2D eigenvalue weighted by Gasteiger charge is -2.25. The molecule has 0 bridgehead atoms. The summed E-state index contributed by atoms with van der Waals surface area (Å²) in [6.45, 7) is 6.57. The molecule has 0 radical (unpaired) electrons. The highest BCUT2D eigenvalue weighted by Crippen LogP contribution is 2.07. The molecule has 32 heavy (non-hydrogen) atoms. The average molecular weight is 466 g/mol. The van der Waals surface area contributed by atoms with Crippen LogP contribution in [0.25, 0.3) is 0 Å². The standard InChI is InChI=1S/C6H15NO2.2C6H13NO.C5H10O2/c1-7(2)4-6(8)5-9-3;1-7-4-2-6(8)3-5-7;1-7-4-2-3-6(8)5-7;6-5-2-1-3-7-4-5/h6,8H,4-5H2,1-3H3;2*6,8H,2-5H2,1H3;5-6H,1-4H2. The van der Waals surface area contributed by atoms with Crippen LogP contribution in [0, 0.1) is 0 Å². The SMILES string of the molecule is CN1CCC(O)CC1.CN1CCCC(O)C1.COCC(O)CN(C)C.OC1CCCOC1. The Morgan fingerprint density at radius 3 is 1.88 bits per heavy atom. The minimum atomic E-state index is -0.356. The Kier molecular flexibility index (Phi) is 19.8. The molecule has 194 valence electrons.